The molecule has 3 aromatic rings. The first-order valence-electron chi connectivity index (χ1n) is 11.6. The topological polar surface area (TPSA) is 126 Å². The number of nitrogens with zero attached hydrogens (tertiary/aromatic N) is 2. The highest BCUT2D eigenvalue weighted by Gasteiger charge is 2.45. The molecule has 0 bridgehead atoms. The molecule has 12 heteroatoms. The lowest BCUT2D eigenvalue weighted by molar-refractivity contribution is -0.215. The number of carbonyl (C=O) groups excluding carboxylic acids is 1. The van der Waals surface area contributed by atoms with Gasteiger partial charge in [-0.1, -0.05) is 44.2 Å². The number of nitrogens with one attached hydrogen (secondary N) is 2. The second kappa shape index (κ2) is 10.4. The first kappa shape index (κ1) is 27.9. The van der Waals surface area contributed by atoms with Crippen LogP contribution >= 0.6 is 0 Å². The number of rotatable bonds is 8. The first-order chi connectivity index (χ1) is 17.1. The predicted octanol–water partition coefficient (Wildman–Crippen LogP) is 1.89. The lowest BCUT2D eigenvalue weighted by Gasteiger charge is -2.29. The summed E-state index contributed by atoms with van der Waals surface area (Å²) in [6.45, 7) is 5.55. The van der Waals surface area contributed by atoms with Crippen molar-refractivity contribution in [2.75, 3.05) is 0 Å². The smallest absolute Gasteiger partial charge is 0.382 e. The zero-order chi connectivity index (χ0) is 27.7. The zero-order valence-corrected chi connectivity index (χ0v) is 20.8. The third kappa shape index (κ3) is 6.01. The van der Waals surface area contributed by atoms with Crippen molar-refractivity contribution in [1.82, 2.24) is 19.4 Å². The number of hydrogen-bond acceptors (Lipinski definition) is 5. The summed E-state index contributed by atoms with van der Waals surface area (Å²) in [5, 5.41) is 11.6. The number of aromatic nitrogens is 3. The van der Waals surface area contributed by atoms with Gasteiger partial charge in [0.15, 0.2) is 6.10 Å². The monoisotopic (exact) mass is 522 g/mol. The zero-order valence-electron chi connectivity index (χ0n) is 20.8. The third-order valence-corrected chi connectivity index (χ3v) is 6.15. The molecule has 0 saturated heterocycles. The van der Waals surface area contributed by atoms with Gasteiger partial charge in [0.1, 0.15) is 12.1 Å². The van der Waals surface area contributed by atoms with Gasteiger partial charge in [-0.3, -0.25) is 19.0 Å². The Morgan fingerprint density at radius 1 is 1.05 bits per heavy atom. The van der Waals surface area contributed by atoms with Gasteiger partial charge in [-0.05, 0) is 37.8 Å². The second-order valence-electron chi connectivity index (χ2n) is 9.91. The Morgan fingerprint density at radius 3 is 2.24 bits per heavy atom. The van der Waals surface area contributed by atoms with E-state index in [1.165, 1.54) is 19.9 Å². The molecule has 1 amide bonds. The summed E-state index contributed by atoms with van der Waals surface area (Å²) in [4.78, 5) is 54.0. The van der Waals surface area contributed by atoms with Gasteiger partial charge in [0, 0.05) is 6.20 Å². The van der Waals surface area contributed by atoms with E-state index in [4.69, 9.17) is 0 Å². The minimum absolute atomic E-state index is 0.0741. The van der Waals surface area contributed by atoms with Crippen molar-refractivity contribution in [3.63, 3.8) is 0 Å². The number of carbonyl (C=O) groups is 1. The lowest BCUT2D eigenvalue weighted by atomic mass is 9.94. The predicted molar refractivity (Wildman–Crippen MR) is 131 cm³/mol. The van der Waals surface area contributed by atoms with Gasteiger partial charge >= 0.3 is 11.9 Å². The van der Waals surface area contributed by atoms with Gasteiger partial charge in [-0.25, -0.2) is 4.79 Å². The molecular weight excluding hydrogens is 493 g/mol. The lowest BCUT2D eigenvalue weighted by Crippen LogP contribution is -2.53. The van der Waals surface area contributed by atoms with E-state index in [-0.39, 0.29) is 10.9 Å². The maximum absolute atomic E-state index is 13.2. The van der Waals surface area contributed by atoms with Crippen LogP contribution in [0, 0.1) is 5.92 Å². The molecule has 0 spiro atoms. The molecule has 200 valence electrons. The molecule has 0 fully saturated rings. The average Bonchev–Trinajstić information content (AvgIpc) is 2.78. The molecule has 3 rings (SSSR count). The normalized spacial score (nSPS) is 14.1. The molecular formula is C25H29F3N4O5. The van der Waals surface area contributed by atoms with Crippen molar-refractivity contribution in [1.29, 1.82) is 0 Å². The Kier molecular flexibility index (Phi) is 7.82. The Labute approximate surface area is 209 Å². The van der Waals surface area contributed by atoms with Crippen LogP contribution in [0.4, 0.5) is 13.2 Å². The number of H-pyrrole nitrogens is 1. The van der Waals surface area contributed by atoms with E-state index in [0.717, 1.165) is 20.9 Å². The number of aromatic amines is 1. The molecule has 2 atom stereocenters. The average molecular weight is 523 g/mol. The number of alkyl halides is 3. The van der Waals surface area contributed by atoms with Crippen LogP contribution in [0.1, 0.15) is 33.3 Å². The molecule has 2 heterocycles. The van der Waals surface area contributed by atoms with Crippen molar-refractivity contribution >= 4 is 16.8 Å². The number of aliphatic hydroxyl groups excluding tert-OH is 1. The second-order valence-corrected chi connectivity index (χ2v) is 9.91. The van der Waals surface area contributed by atoms with E-state index in [9.17, 15) is 37.5 Å². The number of aliphatic hydroxyl groups is 1. The Bertz CT molecular complexity index is 1460. The summed E-state index contributed by atoms with van der Waals surface area (Å²) in [6.07, 6.45) is -6.22. The number of hydrogen-bond donors (Lipinski definition) is 3. The maximum Gasteiger partial charge on any atom is 0.416 e. The molecule has 3 N–H and O–H groups in total. The summed E-state index contributed by atoms with van der Waals surface area (Å²) in [6, 6.07) is 8.88. The molecule has 0 radical (unpaired) electrons. The number of amides is 1. The molecule has 1 aromatic carbocycles. The van der Waals surface area contributed by atoms with E-state index in [1.54, 1.807) is 13.8 Å². The van der Waals surface area contributed by atoms with Crippen LogP contribution < -0.4 is 22.1 Å². The number of halogens is 3. The summed E-state index contributed by atoms with van der Waals surface area (Å²) in [5.41, 5.74) is -2.75. The van der Waals surface area contributed by atoms with Gasteiger partial charge in [0.05, 0.1) is 17.0 Å². The fourth-order valence-electron chi connectivity index (χ4n) is 4.30. The first-order valence-corrected chi connectivity index (χ1v) is 11.6. The number of pyridine rings is 1. The summed E-state index contributed by atoms with van der Waals surface area (Å²) in [5.74, 6) is -1.72. The molecule has 37 heavy (non-hydrogen) atoms. The summed E-state index contributed by atoms with van der Waals surface area (Å²) >= 11 is 0. The van der Waals surface area contributed by atoms with E-state index in [0.29, 0.717) is 6.42 Å². The Morgan fingerprint density at radius 2 is 1.68 bits per heavy atom. The highest BCUT2D eigenvalue weighted by atomic mass is 19.4. The standard InChI is InChI=1S/C25H29F3N4O5/c1-14(2)18(20(34)25(26,27)28)29-17(33)13-31-11-10-16-19(22(31)36)30-23(37)32(21(16)35)24(3,4)12-15-8-6-5-7-9-15/h5-11,14,18,20,34H,12-13H2,1-4H3,(H,29,33)(H,30,37). The van der Waals surface area contributed by atoms with E-state index < -0.39 is 59.0 Å². The SMILES string of the molecule is CC(C)C(NC(=O)Cn1ccc2c(=O)n(C(C)(C)Cc3ccccc3)c(=O)[nH]c2c1=O)C(O)C(F)(F)F. The molecule has 0 aliphatic rings. The van der Waals surface area contributed by atoms with Crippen molar-refractivity contribution < 1.29 is 23.1 Å². The quantitative estimate of drug-likeness (QED) is 0.417. The van der Waals surface area contributed by atoms with Crippen LogP contribution in [0.2, 0.25) is 0 Å². The molecule has 2 aromatic heterocycles. The fourth-order valence-corrected chi connectivity index (χ4v) is 4.30. The van der Waals surface area contributed by atoms with Crippen LogP contribution in [-0.4, -0.2) is 43.5 Å². The fraction of sp³-hybridized carbons (Fsp3) is 0.440. The van der Waals surface area contributed by atoms with Crippen molar-refractivity contribution in [2.24, 2.45) is 5.92 Å². The van der Waals surface area contributed by atoms with E-state index in [2.05, 4.69) is 10.3 Å². The molecule has 0 aliphatic heterocycles. The van der Waals surface area contributed by atoms with Gasteiger partial charge in [0.2, 0.25) is 5.91 Å². The number of fused-ring (bicyclic) bond motifs is 1. The van der Waals surface area contributed by atoms with Crippen molar-refractivity contribution in [3.8, 4) is 0 Å². The van der Waals surface area contributed by atoms with Crippen LogP contribution in [0.5, 0.6) is 0 Å². The van der Waals surface area contributed by atoms with Gasteiger partial charge in [-0.15, -0.1) is 0 Å². The van der Waals surface area contributed by atoms with Crippen molar-refractivity contribution in [2.45, 2.75) is 64.5 Å². The van der Waals surface area contributed by atoms with E-state index >= 15 is 0 Å². The number of benzene rings is 1. The van der Waals surface area contributed by atoms with Crippen LogP contribution in [0.25, 0.3) is 10.9 Å². The highest BCUT2D eigenvalue weighted by molar-refractivity contribution is 5.78. The molecule has 9 nitrogen and oxygen atoms in total. The van der Waals surface area contributed by atoms with E-state index in [1.807, 2.05) is 30.3 Å². The van der Waals surface area contributed by atoms with Crippen LogP contribution in [0.15, 0.2) is 57.0 Å². The third-order valence-electron chi connectivity index (χ3n) is 6.15. The minimum atomic E-state index is -4.95. The molecule has 0 aliphatic carbocycles. The summed E-state index contributed by atoms with van der Waals surface area (Å²) in [7, 11) is 0. The van der Waals surface area contributed by atoms with Gasteiger partial charge in [0.25, 0.3) is 11.1 Å². The minimum Gasteiger partial charge on any atom is -0.382 e. The van der Waals surface area contributed by atoms with Crippen molar-refractivity contribution in [3.05, 3.63) is 79.4 Å². The Hall–Kier alpha value is -3.67. The largest absolute Gasteiger partial charge is 0.416 e. The van der Waals surface area contributed by atoms with Crippen LogP contribution in [-0.2, 0) is 23.3 Å². The maximum atomic E-state index is 13.2. The van der Waals surface area contributed by atoms with Gasteiger partial charge < -0.3 is 20.0 Å². The highest BCUT2D eigenvalue weighted by Crippen LogP contribution is 2.25. The Balaban J connectivity index is 1.94. The molecule has 2 unspecified atom stereocenters. The van der Waals surface area contributed by atoms with Crippen LogP contribution in [0.3, 0.4) is 0 Å². The summed E-state index contributed by atoms with van der Waals surface area (Å²) < 4.78 is 40.8. The molecule has 0 saturated carbocycles. The van der Waals surface area contributed by atoms with Gasteiger partial charge in [-0.2, -0.15) is 13.2 Å².